The Morgan fingerprint density at radius 1 is 1.18 bits per heavy atom. The lowest BCUT2D eigenvalue weighted by Crippen LogP contribution is -1.72. The molecule has 0 saturated carbocycles. The van der Waals surface area contributed by atoms with Gasteiger partial charge < -0.3 is 4.98 Å². The third-order valence-corrected chi connectivity index (χ3v) is 2.04. The first kappa shape index (κ1) is 6.47. The highest BCUT2D eigenvalue weighted by Gasteiger charge is 1.97. The minimum Gasteiger partial charge on any atom is -0.361 e. The molecule has 0 unspecified atom stereocenters. The number of aryl methyl sites for hydroxylation is 2. The van der Waals surface area contributed by atoms with Crippen molar-refractivity contribution < 1.29 is 0 Å². The van der Waals surface area contributed by atoms with Crippen LogP contribution in [0.3, 0.4) is 0 Å². The number of aromatic amines is 1. The van der Waals surface area contributed by atoms with Gasteiger partial charge >= 0.3 is 0 Å². The van der Waals surface area contributed by atoms with Crippen LogP contribution in [0.15, 0.2) is 24.4 Å². The molecule has 1 nitrogen and oxygen atoms in total. The number of benzene rings is 1. The number of hydrogen-bond donors (Lipinski definition) is 1. The molecule has 0 fully saturated rings. The lowest BCUT2D eigenvalue weighted by molar-refractivity contribution is 1.42. The van der Waals surface area contributed by atoms with E-state index in [0.717, 1.165) is 0 Å². The Hall–Kier alpha value is -1.24. The second-order valence-corrected chi connectivity index (χ2v) is 3.02. The van der Waals surface area contributed by atoms with Crippen molar-refractivity contribution in [3.8, 4) is 0 Å². The van der Waals surface area contributed by atoms with E-state index in [0.29, 0.717) is 0 Å². The van der Waals surface area contributed by atoms with Gasteiger partial charge in [0, 0.05) is 17.1 Å². The zero-order valence-corrected chi connectivity index (χ0v) is 6.81. The second kappa shape index (κ2) is 2.12. The zero-order chi connectivity index (χ0) is 7.84. The molecule has 0 aliphatic rings. The predicted octanol–water partition coefficient (Wildman–Crippen LogP) is 2.78. The Labute approximate surface area is 66.1 Å². The van der Waals surface area contributed by atoms with Crippen molar-refractivity contribution >= 4 is 10.9 Å². The average Bonchev–Trinajstić information content (AvgIpc) is 2.33. The maximum Gasteiger partial charge on any atom is 0.0456 e. The lowest BCUT2D eigenvalue weighted by atomic mass is 10.1. The van der Waals surface area contributed by atoms with Gasteiger partial charge in [0.1, 0.15) is 0 Å². The molecule has 11 heavy (non-hydrogen) atoms. The maximum atomic E-state index is 3.22. The fourth-order valence-electron chi connectivity index (χ4n) is 1.37. The summed E-state index contributed by atoms with van der Waals surface area (Å²) in [7, 11) is 0. The van der Waals surface area contributed by atoms with Gasteiger partial charge in [0.25, 0.3) is 0 Å². The molecule has 0 radical (unpaired) electrons. The molecular weight excluding hydrogens is 134 g/mol. The van der Waals surface area contributed by atoms with Crippen molar-refractivity contribution in [3.63, 3.8) is 0 Å². The van der Waals surface area contributed by atoms with Gasteiger partial charge in [-0.05, 0) is 31.5 Å². The number of rotatable bonds is 0. The molecule has 1 aromatic carbocycles. The van der Waals surface area contributed by atoms with Crippen LogP contribution in [-0.4, -0.2) is 4.98 Å². The van der Waals surface area contributed by atoms with Crippen molar-refractivity contribution in [1.29, 1.82) is 0 Å². The number of H-pyrrole nitrogens is 1. The number of aromatic nitrogens is 1. The minimum absolute atomic E-state index is 1.23. The van der Waals surface area contributed by atoms with E-state index in [9.17, 15) is 0 Å². The topological polar surface area (TPSA) is 15.8 Å². The highest BCUT2D eigenvalue weighted by Crippen LogP contribution is 2.17. The second-order valence-electron chi connectivity index (χ2n) is 3.02. The molecule has 1 heterocycles. The molecule has 0 spiro atoms. The molecule has 1 N–H and O–H groups in total. The SMILES string of the molecule is Cc1ccc2[nH]cc(C)c2c1. The van der Waals surface area contributed by atoms with Gasteiger partial charge in [-0.2, -0.15) is 0 Å². The molecule has 2 aromatic rings. The van der Waals surface area contributed by atoms with Crippen molar-refractivity contribution in [3.05, 3.63) is 35.5 Å². The molecule has 0 atom stereocenters. The Kier molecular flexibility index (Phi) is 1.25. The van der Waals surface area contributed by atoms with Gasteiger partial charge in [-0.15, -0.1) is 0 Å². The molecule has 0 bridgehead atoms. The van der Waals surface area contributed by atoms with Crippen LogP contribution in [0.25, 0.3) is 10.9 Å². The van der Waals surface area contributed by atoms with E-state index in [1.807, 2.05) is 6.20 Å². The molecule has 0 amide bonds. The quantitative estimate of drug-likeness (QED) is 0.586. The van der Waals surface area contributed by atoms with Gasteiger partial charge in [0.05, 0.1) is 0 Å². The molecule has 1 heteroatoms. The fourth-order valence-corrected chi connectivity index (χ4v) is 1.37. The molecule has 2 rings (SSSR count). The molecule has 0 aliphatic carbocycles. The van der Waals surface area contributed by atoms with Gasteiger partial charge in [-0.3, -0.25) is 0 Å². The van der Waals surface area contributed by atoms with Crippen LogP contribution in [0.2, 0.25) is 0 Å². The third kappa shape index (κ3) is 0.929. The van der Waals surface area contributed by atoms with E-state index in [-0.39, 0.29) is 0 Å². The normalized spacial score (nSPS) is 10.7. The Bertz CT molecular complexity index is 385. The van der Waals surface area contributed by atoms with Crippen molar-refractivity contribution in [2.24, 2.45) is 0 Å². The molecule has 0 aliphatic heterocycles. The van der Waals surface area contributed by atoms with E-state index in [2.05, 4.69) is 37.0 Å². The van der Waals surface area contributed by atoms with Crippen molar-refractivity contribution in [2.75, 3.05) is 0 Å². The van der Waals surface area contributed by atoms with Gasteiger partial charge in [-0.1, -0.05) is 11.6 Å². The summed E-state index contributed by atoms with van der Waals surface area (Å²) in [5, 5.41) is 1.34. The summed E-state index contributed by atoms with van der Waals surface area (Å²) >= 11 is 0. The molecule has 1 aromatic heterocycles. The summed E-state index contributed by atoms with van der Waals surface area (Å²) in [5.41, 5.74) is 3.87. The Morgan fingerprint density at radius 3 is 2.82 bits per heavy atom. The van der Waals surface area contributed by atoms with Crippen molar-refractivity contribution in [1.82, 2.24) is 4.98 Å². The first-order valence-corrected chi connectivity index (χ1v) is 3.82. The van der Waals surface area contributed by atoms with Crippen LogP contribution >= 0.6 is 0 Å². The van der Waals surface area contributed by atoms with E-state index in [1.165, 1.54) is 22.0 Å². The standard InChI is InChI=1S/C10H11N/c1-7-3-4-10-9(5-7)8(2)6-11-10/h3-6,11H,1-2H3. The smallest absolute Gasteiger partial charge is 0.0456 e. The van der Waals surface area contributed by atoms with Crippen LogP contribution < -0.4 is 0 Å². The molecule has 0 saturated heterocycles. The van der Waals surface area contributed by atoms with Crippen LogP contribution in [-0.2, 0) is 0 Å². The lowest BCUT2D eigenvalue weighted by Gasteiger charge is -1.92. The Morgan fingerprint density at radius 2 is 2.00 bits per heavy atom. The third-order valence-electron chi connectivity index (χ3n) is 2.04. The summed E-state index contributed by atoms with van der Waals surface area (Å²) < 4.78 is 0. The maximum absolute atomic E-state index is 3.22. The zero-order valence-electron chi connectivity index (χ0n) is 6.81. The number of hydrogen-bond acceptors (Lipinski definition) is 0. The van der Waals surface area contributed by atoms with Crippen LogP contribution in [0.4, 0.5) is 0 Å². The summed E-state index contributed by atoms with van der Waals surface area (Å²) in [5.74, 6) is 0. The van der Waals surface area contributed by atoms with E-state index in [1.54, 1.807) is 0 Å². The molecule has 56 valence electrons. The summed E-state index contributed by atoms with van der Waals surface area (Å²) in [6.45, 7) is 4.24. The highest BCUT2D eigenvalue weighted by molar-refractivity contribution is 5.83. The largest absolute Gasteiger partial charge is 0.361 e. The van der Waals surface area contributed by atoms with E-state index >= 15 is 0 Å². The molecular formula is C10H11N. The minimum atomic E-state index is 1.23. The van der Waals surface area contributed by atoms with Crippen LogP contribution in [0.1, 0.15) is 11.1 Å². The summed E-state index contributed by atoms with van der Waals surface area (Å²) in [4.78, 5) is 3.22. The van der Waals surface area contributed by atoms with Gasteiger partial charge in [0.2, 0.25) is 0 Å². The van der Waals surface area contributed by atoms with Gasteiger partial charge in [0.15, 0.2) is 0 Å². The summed E-state index contributed by atoms with van der Waals surface area (Å²) in [6.07, 6.45) is 2.05. The number of nitrogens with one attached hydrogen (secondary N) is 1. The first-order valence-electron chi connectivity index (χ1n) is 3.82. The van der Waals surface area contributed by atoms with E-state index < -0.39 is 0 Å². The number of fused-ring (bicyclic) bond motifs is 1. The van der Waals surface area contributed by atoms with E-state index in [4.69, 9.17) is 0 Å². The van der Waals surface area contributed by atoms with Crippen LogP contribution in [0.5, 0.6) is 0 Å². The summed E-state index contributed by atoms with van der Waals surface area (Å²) in [6, 6.07) is 6.46. The average molecular weight is 145 g/mol. The Balaban J connectivity index is 2.87. The van der Waals surface area contributed by atoms with Crippen LogP contribution in [0, 0.1) is 13.8 Å². The van der Waals surface area contributed by atoms with Crippen molar-refractivity contribution in [2.45, 2.75) is 13.8 Å². The first-order chi connectivity index (χ1) is 5.27. The highest BCUT2D eigenvalue weighted by atomic mass is 14.7. The predicted molar refractivity (Wildman–Crippen MR) is 47.8 cm³/mol. The van der Waals surface area contributed by atoms with Gasteiger partial charge in [-0.25, -0.2) is 0 Å². The fraction of sp³-hybridized carbons (Fsp3) is 0.200. The monoisotopic (exact) mass is 145 g/mol.